The molecule has 1 aliphatic heterocycles. The molecule has 6 rings (SSSR count). The number of imidazole rings is 1. The molecule has 2 aliphatic rings. The van der Waals surface area contributed by atoms with E-state index in [-0.39, 0.29) is 23.7 Å². The molecule has 1 saturated carbocycles. The molecule has 10 heteroatoms. The Morgan fingerprint density at radius 1 is 1.23 bits per heavy atom. The summed E-state index contributed by atoms with van der Waals surface area (Å²) in [6, 6.07) is 4.45. The molecule has 1 aliphatic carbocycles. The maximum atomic E-state index is 14.3. The van der Waals surface area contributed by atoms with Crippen LogP contribution in [0.15, 0.2) is 43.1 Å². The van der Waals surface area contributed by atoms with Gasteiger partial charge in [0, 0.05) is 30.8 Å². The number of aromatic amines is 1. The summed E-state index contributed by atoms with van der Waals surface area (Å²) in [7, 11) is 0. The molecule has 4 aromatic heterocycles. The van der Waals surface area contributed by atoms with Gasteiger partial charge in [0.25, 0.3) is 0 Å². The number of hydrogen-bond acceptors (Lipinski definition) is 6. The van der Waals surface area contributed by atoms with E-state index in [1.165, 1.54) is 10.6 Å². The van der Waals surface area contributed by atoms with Crippen molar-refractivity contribution in [1.82, 2.24) is 29.5 Å². The minimum atomic E-state index is -0.337. The largest absolute Gasteiger partial charge is 0.348 e. The van der Waals surface area contributed by atoms with Crippen LogP contribution in [0.2, 0.25) is 0 Å². The quantitative estimate of drug-likeness (QED) is 0.528. The number of carbonyl (C=O) groups is 1. The van der Waals surface area contributed by atoms with Gasteiger partial charge < -0.3 is 15.2 Å². The SMILES string of the molecule is O=C(Nc1cnc(N2CCc3[nH]cnc3[C@H]2c2cc3c(F)cccn3n2)cn1)C1CC1. The number of rotatable bonds is 4. The fourth-order valence-corrected chi connectivity index (χ4v) is 4.06. The van der Waals surface area contributed by atoms with Crippen LogP contribution in [-0.2, 0) is 11.2 Å². The van der Waals surface area contributed by atoms with Gasteiger partial charge in [0.2, 0.25) is 5.91 Å². The highest BCUT2D eigenvalue weighted by Gasteiger charge is 2.34. The van der Waals surface area contributed by atoms with E-state index in [9.17, 15) is 9.18 Å². The Balaban J connectivity index is 1.37. The number of aromatic nitrogens is 6. The van der Waals surface area contributed by atoms with Gasteiger partial charge in [-0.2, -0.15) is 5.10 Å². The summed E-state index contributed by atoms with van der Waals surface area (Å²) in [5.41, 5.74) is 2.94. The number of carbonyl (C=O) groups excluding carboxylic acids is 1. The van der Waals surface area contributed by atoms with Crippen molar-refractivity contribution in [2.75, 3.05) is 16.8 Å². The highest BCUT2D eigenvalue weighted by Crippen LogP contribution is 2.36. The van der Waals surface area contributed by atoms with Gasteiger partial charge in [-0.05, 0) is 31.0 Å². The van der Waals surface area contributed by atoms with Crippen LogP contribution in [0.25, 0.3) is 5.52 Å². The molecule has 31 heavy (non-hydrogen) atoms. The van der Waals surface area contributed by atoms with E-state index in [1.54, 1.807) is 37.1 Å². The lowest BCUT2D eigenvalue weighted by Crippen LogP contribution is -2.37. The van der Waals surface area contributed by atoms with Crippen molar-refractivity contribution >= 4 is 23.1 Å². The average Bonchev–Trinajstić information content (AvgIpc) is 3.36. The molecule has 0 spiro atoms. The fourth-order valence-electron chi connectivity index (χ4n) is 4.06. The summed E-state index contributed by atoms with van der Waals surface area (Å²) >= 11 is 0. The number of anilines is 2. The van der Waals surface area contributed by atoms with Gasteiger partial charge >= 0.3 is 0 Å². The third-order valence-electron chi connectivity index (χ3n) is 5.81. The lowest BCUT2D eigenvalue weighted by atomic mass is 10.00. The van der Waals surface area contributed by atoms with Crippen molar-refractivity contribution in [3.8, 4) is 0 Å². The first-order chi connectivity index (χ1) is 15.2. The van der Waals surface area contributed by atoms with Gasteiger partial charge in [0.15, 0.2) is 5.82 Å². The summed E-state index contributed by atoms with van der Waals surface area (Å²) in [6.07, 6.45) is 9.21. The molecule has 0 bridgehead atoms. The van der Waals surface area contributed by atoms with E-state index < -0.39 is 0 Å². The van der Waals surface area contributed by atoms with E-state index >= 15 is 0 Å². The zero-order valence-electron chi connectivity index (χ0n) is 16.5. The number of nitrogens with zero attached hydrogens (tertiary/aromatic N) is 6. The second kappa shape index (κ2) is 6.86. The first-order valence-electron chi connectivity index (χ1n) is 10.2. The maximum absolute atomic E-state index is 14.3. The van der Waals surface area contributed by atoms with Crippen LogP contribution in [0.5, 0.6) is 0 Å². The van der Waals surface area contributed by atoms with Gasteiger partial charge in [0.05, 0.1) is 30.1 Å². The van der Waals surface area contributed by atoms with Crippen molar-refractivity contribution in [1.29, 1.82) is 0 Å². The van der Waals surface area contributed by atoms with Crippen LogP contribution in [0.1, 0.15) is 36.0 Å². The van der Waals surface area contributed by atoms with Crippen LogP contribution < -0.4 is 10.2 Å². The van der Waals surface area contributed by atoms with E-state index in [2.05, 4.69) is 35.3 Å². The summed E-state index contributed by atoms with van der Waals surface area (Å²) in [5, 5.41) is 7.42. The van der Waals surface area contributed by atoms with Crippen molar-refractivity contribution in [3.05, 3.63) is 66.0 Å². The molecular weight excluding hydrogens is 399 g/mol. The van der Waals surface area contributed by atoms with Crippen molar-refractivity contribution in [3.63, 3.8) is 0 Å². The fraction of sp³-hybridized carbons (Fsp3) is 0.286. The first-order valence-corrected chi connectivity index (χ1v) is 10.2. The Morgan fingerprint density at radius 2 is 2.13 bits per heavy atom. The molecule has 5 heterocycles. The van der Waals surface area contributed by atoms with Gasteiger partial charge in [0.1, 0.15) is 23.2 Å². The maximum Gasteiger partial charge on any atom is 0.228 e. The van der Waals surface area contributed by atoms with Crippen LogP contribution in [-0.4, -0.2) is 42.0 Å². The number of H-pyrrole nitrogens is 1. The minimum Gasteiger partial charge on any atom is -0.348 e. The van der Waals surface area contributed by atoms with Gasteiger partial charge in [-0.1, -0.05) is 0 Å². The number of hydrogen-bond donors (Lipinski definition) is 2. The van der Waals surface area contributed by atoms with Crippen molar-refractivity contribution in [2.24, 2.45) is 5.92 Å². The third-order valence-corrected chi connectivity index (χ3v) is 5.81. The van der Waals surface area contributed by atoms with Crippen LogP contribution in [0, 0.1) is 11.7 Å². The topological polar surface area (TPSA) is 104 Å². The molecule has 0 radical (unpaired) electrons. The Labute approximate surface area is 176 Å². The Hall–Kier alpha value is -3.82. The molecule has 0 aromatic carbocycles. The monoisotopic (exact) mass is 418 g/mol. The molecule has 1 amide bonds. The lowest BCUT2D eigenvalue weighted by molar-refractivity contribution is -0.117. The third kappa shape index (κ3) is 3.11. The van der Waals surface area contributed by atoms with Crippen molar-refractivity contribution in [2.45, 2.75) is 25.3 Å². The molecule has 0 saturated heterocycles. The van der Waals surface area contributed by atoms with E-state index in [0.29, 0.717) is 29.4 Å². The average molecular weight is 418 g/mol. The normalized spacial score (nSPS) is 18.2. The Morgan fingerprint density at radius 3 is 2.90 bits per heavy atom. The Kier molecular flexibility index (Phi) is 3.98. The molecule has 1 fully saturated rings. The van der Waals surface area contributed by atoms with Crippen LogP contribution in [0.4, 0.5) is 16.0 Å². The zero-order valence-corrected chi connectivity index (χ0v) is 16.5. The summed E-state index contributed by atoms with van der Waals surface area (Å²) < 4.78 is 15.8. The molecule has 4 aromatic rings. The van der Waals surface area contributed by atoms with E-state index in [0.717, 1.165) is 30.7 Å². The Bertz CT molecular complexity index is 1280. The van der Waals surface area contributed by atoms with E-state index in [4.69, 9.17) is 0 Å². The molecule has 9 nitrogen and oxygen atoms in total. The molecule has 2 N–H and O–H groups in total. The van der Waals surface area contributed by atoms with Crippen LogP contribution >= 0.6 is 0 Å². The lowest BCUT2D eigenvalue weighted by Gasteiger charge is -2.34. The van der Waals surface area contributed by atoms with E-state index in [1.807, 2.05) is 0 Å². The molecule has 156 valence electrons. The number of pyridine rings is 1. The molecular formula is C21H19FN8O. The second-order valence-corrected chi connectivity index (χ2v) is 7.89. The zero-order chi connectivity index (χ0) is 20.9. The van der Waals surface area contributed by atoms with Gasteiger partial charge in [-0.15, -0.1) is 0 Å². The second-order valence-electron chi connectivity index (χ2n) is 7.89. The number of halogens is 1. The van der Waals surface area contributed by atoms with Gasteiger partial charge in [-0.25, -0.2) is 23.9 Å². The standard InChI is InChI=1S/C21H19FN8O/c22-13-2-1-6-30-16(13)8-15(28-30)20-19-14(25-11-26-19)5-7-29(20)18-10-23-17(9-24-18)27-21(31)12-3-4-12/h1-2,6,8-12,20H,3-5,7H2,(H,25,26)(H,23,27,31)/t20-/m1/s1. The van der Waals surface area contributed by atoms with Gasteiger partial charge in [-0.3, -0.25) is 4.79 Å². The molecule has 0 unspecified atom stereocenters. The van der Waals surface area contributed by atoms with Crippen molar-refractivity contribution < 1.29 is 9.18 Å². The highest BCUT2D eigenvalue weighted by molar-refractivity contribution is 5.93. The van der Waals surface area contributed by atoms with Crippen LogP contribution in [0.3, 0.4) is 0 Å². The number of nitrogens with one attached hydrogen (secondary N) is 2. The smallest absolute Gasteiger partial charge is 0.228 e. The summed E-state index contributed by atoms with van der Waals surface area (Å²) in [4.78, 5) is 30.7. The predicted molar refractivity (Wildman–Crippen MR) is 110 cm³/mol. The number of fused-ring (bicyclic) bond motifs is 2. The molecule has 1 atom stereocenters. The highest BCUT2D eigenvalue weighted by atomic mass is 19.1. The predicted octanol–water partition coefficient (Wildman–Crippen LogP) is 2.49. The summed E-state index contributed by atoms with van der Waals surface area (Å²) in [6.45, 7) is 0.665. The first kappa shape index (κ1) is 18.0. The summed E-state index contributed by atoms with van der Waals surface area (Å²) in [5.74, 6) is 0.832. The number of amides is 1. The minimum absolute atomic E-state index is 0.00853.